The van der Waals surface area contributed by atoms with Crippen molar-refractivity contribution in [3.63, 3.8) is 0 Å². The lowest BCUT2D eigenvalue weighted by atomic mass is 9.95. The maximum Gasteiger partial charge on any atom is 0.303 e. The molecular formula is C21H38O9. The fourth-order valence-electron chi connectivity index (χ4n) is 2.44. The highest BCUT2D eigenvalue weighted by Gasteiger charge is 2.50. The second kappa shape index (κ2) is 16.6. The lowest BCUT2D eigenvalue weighted by Crippen LogP contribution is -2.61. The van der Waals surface area contributed by atoms with Crippen molar-refractivity contribution >= 4 is 23.9 Å². The van der Waals surface area contributed by atoms with Crippen LogP contribution in [-0.4, -0.2) is 61.0 Å². The third-order valence-electron chi connectivity index (χ3n) is 3.72. The van der Waals surface area contributed by atoms with Crippen LogP contribution in [0.25, 0.3) is 0 Å². The normalized spacial score (nSPS) is 24.6. The number of carbonyl (C=O) groups excluding carboxylic acids is 4. The van der Waals surface area contributed by atoms with Crippen molar-refractivity contribution < 1.29 is 42.9 Å². The average molecular weight is 435 g/mol. The van der Waals surface area contributed by atoms with E-state index in [1.807, 2.05) is 13.8 Å². The van der Waals surface area contributed by atoms with Gasteiger partial charge in [0.1, 0.15) is 12.7 Å². The van der Waals surface area contributed by atoms with Gasteiger partial charge in [0, 0.05) is 27.7 Å². The molecule has 0 bridgehead atoms. The van der Waals surface area contributed by atoms with Crippen molar-refractivity contribution in [1.29, 1.82) is 0 Å². The molecule has 0 radical (unpaired) electrons. The second-order valence-electron chi connectivity index (χ2n) is 6.40. The molecule has 0 spiro atoms. The van der Waals surface area contributed by atoms with Gasteiger partial charge in [0.15, 0.2) is 18.3 Å². The van der Waals surface area contributed by atoms with Crippen LogP contribution >= 0.6 is 0 Å². The Balaban J connectivity index is 0. The number of rotatable bonds is 6. The van der Waals surface area contributed by atoms with Crippen LogP contribution in [-0.2, 0) is 42.9 Å². The number of hydrogen-bond donors (Lipinski definition) is 0. The Morgan fingerprint density at radius 3 is 1.47 bits per heavy atom. The Labute approximate surface area is 179 Å². The van der Waals surface area contributed by atoms with Gasteiger partial charge in [-0.2, -0.15) is 0 Å². The monoisotopic (exact) mass is 434 g/mol. The Bertz CT molecular complexity index is 531. The number of ether oxygens (including phenoxy) is 5. The predicted molar refractivity (Wildman–Crippen MR) is 110 cm³/mol. The Kier molecular flexibility index (Phi) is 16.6. The zero-order valence-electron chi connectivity index (χ0n) is 19.7. The highest BCUT2D eigenvalue weighted by atomic mass is 16.7. The van der Waals surface area contributed by atoms with Gasteiger partial charge in [-0.15, -0.1) is 0 Å². The van der Waals surface area contributed by atoms with E-state index >= 15 is 0 Å². The maximum atomic E-state index is 11.4. The number of carbonyl (C=O) groups is 4. The van der Waals surface area contributed by atoms with Crippen LogP contribution in [0.2, 0.25) is 0 Å². The smallest absolute Gasteiger partial charge is 0.303 e. The van der Waals surface area contributed by atoms with E-state index in [9.17, 15) is 19.2 Å². The molecule has 0 aromatic rings. The molecule has 0 saturated carbocycles. The molecule has 9 heteroatoms. The fraction of sp³-hybridized carbons (Fsp3) is 0.810. The van der Waals surface area contributed by atoms with Crippen LogP contribution < -0.4 is 0 Å². The molecule has 0 amide bonds. The Morgan fingerprint density at radius 2 is 1.10 bits per heavy atom. The van der Waals surface area contributed by atoms with Crippen molar-refractivity contribution in [2.75, 3.05) is 6.61 Å². The van der Waals surface area contributed by atoms with E-state index in [2.05, 4.69) is 13.8 Å². The van der Waals surface area contributed by atoms with E-state index in [1.54, 1.807) is 6.92 Å². The summed E-state index contributed by atoms with van der Waals surface area (Å²) in [5.74, 6) is -2.44. The molecule has 9 nitrogen and oxygen atoms in total. The third kappa shape index (κ3) is 12.4. The zero-order valence-corrected chi connectivity index (χ0v) is 19.7. The summed E-state index contributed by atoms with van der Waals surface area (Å²) in [6, 6.07) is 0. The van der Waals surface area contributed by atoms with Crippen molar-refractivity contribution in [1.82, 2.24) is 0 Å². The van der Waals surface area contributed by atoms with Gasteiger partial charge >= 0.3 is 23.9 Å². The van der Waals surface area contributed by atoms with Gasteiger partial charge in [-0.1, -0.05) is 40.5 Å². The summed E-state index contributed by atoms with van der Waals surface area (Å²) in [6.07, 6.45) is -2.05. The van der Waals surface area contributed by atoms with Crippen molar-refractivity contribution in [3.05, 3.63) is 0 Å². The van der Waals surface area contributed by atoms with Crippen LogP contribution in [0.1, 0.15) is 75.2 Å². The van der Waals surface area contributed by atoms with Crippen molar-refractivity contribution in [2.45, 2.75) is 106 Å². The minimum absolute atomic E-state index is 0.206. The number of hydrogen-bond acceptors (Lipinski definition) is 9. The summed E-state index contributed by atoms with van der Waals surface area (Å²) in [4.78, 5) is 45.2. The summed E-state index contributed by atoms with van der Waals surface area (Å²) in [5.41, 5.74) is 0. The van der Waals surface area contributed by atoms with E-state index in [0.717, 1.165) is 0 Å². The zero-order chi connectivity index (χ0) is 23.9. The first-order chi connectivity index (χ1) is 14.0. The summed E-state index contributed by atoms with van der Waals surface area (Å²) < 4.78 is 26.1. The maximum absolute atomic E-state index is 11.4. The molecule has 1 rings (SSSR count). The molecule has 1 fully saturated rings. The quantitative estimate of drug-likeness (QED) is 0.459. The van der Waals surface area contributed by atoms with Gasteiger partial charge in [0.05, 0.1) is 6.10 Å². The van der Waals surface area contributed by atoms with Crippen LogP contribution in [0.4, 0.5) is 0 Å². The van der Waals surface area contributed by atoms with Gasteiger partial charge in [-0.25, -0.2) is 0 Å². The van der Waals surface area contributed by atoms with Crippen molar-refractivity contribution in [3.8, 4) is 0 Å². The first-order valence-corrected chi connectivity index (χ1v) is 10.3. The van der Waals surface area contributed by atoms with Gasteiger partial charge in [0.2, 0.25) is 0 Å². The number of unbranched alkanes of at least 4 members (excludes halogenated alkanes) is 1. The van der Waals surface area contributed by atoms with Gasteiger partial charge in [0.25, 0.3) is 0 Å². The summed E-state index contributed by atoms with van der Waals surface area (Å²) in [5, 5.41) is 0. The molecule has 1 saturated heterocycles. The molecule has 0 aromatic carbocycles. The third-order valence-corrected chi connectivity index (χ3v) is 3.72. The molecule has 30 heavy (non-hydrogen) atoms. The fourth-order valence-corrected chi connectivity index (χ4v) is 2.44. The molecule has 1 aliphatic heterocycles. The van der Waals surface area contributed by atoms with E-state index in [1.165, 1.54) is 40.5 Å². The predicted octanol–water partition coefficient (Wildman–Crippen LogP) is 2.96. The molecule has 1 aliphatic rings. The van der Waals surface area contributed by atoms with Crippen LogP contribution in [0.3, 0.4) is 0 Å². The molecule has 5 atom stereocenters. The molecule has 176 valence electrons. The molecule has 0 N–H and O–H groups in total. The molecule has 0 aromatic heterocycles. The van der Waals surface area contributed by atoms with E-state index < -0.39 is 54.4 Å². The highest BCUT2D eigenvalue weighted by Crippen LogP contribution is 2.28. The van der Waals surface area contributed by atoms with Crippen LogP contribution in [0, 0.1) is 0 Å². The van der Waals surface area contributed by atoms with Crippen molar-refractivity contribution in [2.24, 2.45) is 0 Å². The minimum atomic E-state index is -1.09. The standard InChI is InChI=1S/C15H22O9.C4H10.C2H6/c1-7-13(22-9(3)17)15(24-11(5)19)14(23-10(4)18)12(21-7)6-20-8(2)16;1-3-4-2;1-2/h7,12-15H,6H2,1-5H3;3-4H2,1-2H3;1-2H3/t7-,12+,13-,14-,15+;;/m0../s1. The van der Waals surface area contributed by atoms with Gasteiger partial charge in [-0.05, 0) is 6.92 Å². The summed E-state index contributed by atoms with van der Waals surface area (Å²) >= 11 is 0. The van der Waals surface area contributed by atoms with E-state index in [4.69, 9.17) is 23.7 Å². The summed E-state index contributed by atoms with van der Waals surface area (Å²) in [7, 11) is 0. The molecule has 1 heterocycles. The minimum Gasteiger partial charge on any atom is -0.463 e. The number of esters is 4. The molecule has 0 aliphatic carbocycles. The lowest BCUT2D eigenvalue weighted by Gasteiger charge is -2.43. The van der Waals surface area contributed by atoms with Gasteiger partial charge < -0.3 is 23.7 Å². The molecule has 0 unspecified atom stereocenters. The first-order valence-electron chi connectivity index (χ1n) is 10.3. The molecular weight excluding hydrogens is 396 g/mol. The van der Waals surface area contributed by atoms with Crippen LogP contribution in [0.15, 0.2) is 0 Å². The SMILES string of the molecule is CC.CC(=O)OC[C@H]1O[C@@H](C)[C@H](OC(C)=O)[C@@H](OC(C)=O)[C@H]1OC(C)=O.CCCC. The average Bonchev–Trinajstić information content (AvgIpc) is 2.66. The van der Waals surface area contributed by atoms with E-state index in [-0.39, 0.29) is 6.61 Å². The second-order valence-corrected chi connectivity index (χ2v) is 6.40. The first kappa shape index (κ1) is 30.0. The summed E-state index contributed by atoms with van der Waals surface area (Å²) in [6.45, 7) is 14.5. The topological polar surface area (TPSA) is 114 Å². The lowest BCUT2D eigenvalue weighted by molar-refractivity contribution is -0.249. The Morgan fingerprint density at radius 1 is 0.700 bits per heavy atom. The largest absolute Gasteiger partial charge is 0.463 e. The Hall–Kier alpha value is -2.16. The van der Waals surface area contributed by atoms with Crippen LogP contribution in [0.5, 0.6) is 0 Å². The van der Waals surface area contributed by atoms with E-state index in [0.29, 0.717) is 0 Å². The highest BCUT2D eigenvalue weighted by molar-refractivity contribution is 5.68. The van der Waals surface area contributed by atoms with Gasteiger partial charge in [-0.3, -0.25) is 19.2 Å².